The van der Waals surface area contributed by atoms with E-state index < -0.39 is 17.6 Å². The van der Waals surface area contributed by atoms with Gasteiger partial charge in [-0.05, 0) is 25.5 Å². The predicted molar refractivity (Wildman–Crippen MR) is 84.8 cm³/mol. The van der Waals surface area contributed by atoms with Gasteiger partial charge in [-0.15, -0.1) is 0 Å². The van der Waals surface area contributed by atoms with Crippen molar-refractivity contribution >= 4 is 17.8 Å². The molecule has 2 amide bonds. The number of carboxylic acids is 1. The summed E-state index contributed by atoms with van der Waals surface area (Å²) in [6.07, 6.45) is 1.09. The zero-order chi connectivity index (χ0) is 17.3. The first-order valence-corrected chi connectivity index (χ1v) is 8.00. The van der Waals surface area contributed by atoms with E-state index in [9.17, 15) is 19.5 Å². The Kier molecular flexibility index (Phi) is 4.17. The van der Waals surface area contributed by atoms with Crippen molar-refractivity contribution in [2.75, 3.05) is 13.1 Å². The van der Waals surface area contributed by atoms with Crippen LogP contribution >= 0.6 is 0 Å². The van der Waals surface area contributed by atoms with E-state index >= 15 is 0 Å². The third kappa shape index (κ3) is 2.93. The molecule has 2 aliphatic heterocycles. The number of nitrogens with zero attached hydrogens (tertiary/aromatic N) is 1. The molecule has 2 atom stereocenters. The summed E-state index contributed by atoms with van der Waals surface area (Å²) < 4.78 is 6.16. The van der Waals surface area contributed by atoms with Crippen molar-refractivity contribution in [3.05, 3.63) is 29.8 Å². The molecule has 0 aromatic heterocycles. The molecule has 2 N–H and O–H groups in total. The highest BCUT2D eigenvalue weighted by Gasteiger charge is 2.41. The van der Waals surface area contributed by atoms with Crippen molar-refractivity contribution in [2.45, 2.75) is 37.8 Å². The van der Waals surface area contributed by atoms with Crippen molar-refractivity contribution in [3.63, 3.8) is 0 Å². The summed E-state index contributed by atoms with van der Waals surface area (Å²) in [7, 11) is 0. The molecule has 7 nitrogen and oxygen atoms in total. The molecule has 2 aliphatic rings. The molecule has 0 aliphatic carbocycles. The maximum Gasteiger partial charge on any atom is 0.326 e. The quantitative estimate of drug-likeness (QED) is 0.843. The van der Waals surface area contributed by atoms with Crippen molar-refractivity contribution in [1.82, 2.24) is 10.2 Å². The topological polar surface area (TPSA) is 95.9 Å². The number of rotatable bonds is 2. The number of fused-ring (bicyclic) bond motifs is 1. The smallest absolute Gasteiger partial charge is 0.326 e. The van der Waals surface area contributed by atoms with E-state index in [-0.39, 0.29) is 24.8 Å². The second kappa shape index (κ2) is 6.14. The van der Waals surface area contributed by atoms with E-state index in [2.05, 4.69) is 5.32 Å². The maximum atomic E-state index is 12.3. The van der Waals surface area contributed by atoms with Crippen LogP contribution < -0.4 is 10.1 Å². The number of ether oxygens (including phenoxy) is 1. The van der Waals surface area contributed by atoms with E-state index in [1.807, 2.05) is 0 Å². The van der Waals surface area contributed by atoms with Crippen LogP contribution in [0.1, 0.15) is 36.5 Å². The van der Waals surface area contributed by atoms with Gasteiger partial charge >= 0.3 is 5.97 Å². The summed E-state index contributed by atoms with van der Waals surface area (Å²) in [5.41, 5.74) is -0.231. The van der Waals surface area contributed by atoms with Gasteiger partial charge < -0.3 is 20.1 Å². The SMILES string of the molecule is CC(C(=O)O)N1CCC2(CCC1=O)CNC(=O)c1ccccc1O2. The maximum absolute atomic E-state index is 12.3. The fourth-order valence-electron chi connectivity index (χ4n) is 3.22. The molecule has 7 heteroatoms. The first-order chi connectivity index (χ1) is 11.4. The Hall–Kier alpha value is -2.57. The molecular formula is C17H20N2O5. The van der Waals surface area contributed by atoms with Crippen LogP contribution in [0, 0.1) is 0 Å². The molecule has 1 aromatic carbocycles. The average molecular weight is 332 g/mol. The summed E-state index contributed by atoms with van der Waals surface area (Å²) >= 11 is 0. The average Bonchev–Trinajstić information content (AvgIpc) is 2.81. The molecule has 1 saturated heterocycles. The Morgan fingerprint density at radius 1 is 1.33 bits per heavy atom. The molecule has 1 fully saturated rings. The largest absolute Gasteiger partial charge is 0.485 e. The number of carbonyl (C=O) groups is 3. The minimum atomic E-state index is -1.03. The molecule has 0 saturated carbocycles. The van der Waals surface area contributed by atoms with Crippen LogP contribution in [0.4, 0.5) is 0 Å². The van der Waals surface area contributed by atoms with E-state index in [4.69, 9.17) is 4.74 Å². The summed E-state index contributed by atoms with van der Waals surface area (Å²) in [6, 6.07) is 6.13. The van der Waals surface area contributed by atoms with E-state index in [1.165, 1.54) is 11.8 Å². The lowest BCUT2D eigenvalue weighted by Gasteiger charge is -2.32. The number of benzene rings is 1. The van der Waals surface area contributed by atoms with Gasteiger partial charge in [0.15, 0.2) is 0 Å². The normalized spacial score (nSPS) is 25.1. The highest BCUT2D eigenvalue weighted by Crippen LogP contribution is 2.33. The van der Waals surface area contributed by atoms with Crippen LogP contribution in [0.15, 0.2) is 24.3 Å². The second-order valence-electron chi connectivity index (χ2n) is 6.32. The standard InChI is InChI=1S/C17H20N2O5/c1-11(16(22)23)19-9-8-17(7-6-14(19)20)10-18-15(21)12-4-2-3-5-13(12)24-17/h2-5,11H,6-10H2,1H3,(H,18,21)(H,22,23). The summed E-state index contributed by atoms with van der Waals surface area (Å²) in [4.78, 5) is 37.1. The van der Waals surface area contributed by atoms with Crippen LogP contribution in [0.5, 0.6) is 5.75 Å². The predicted octanol–water partition coefficient (Wildman–Crippen LogP) is 1.03. The van der Waals surface area contributed by atoms with Crippen LogP contribution in [-0.2, 0) is 9.59 Å². The molecular weight excluding hydrogens is 312 g/mol. The lowest BCUT2D eigenvalue weighted by Crippen LogP contribution is -2.47. The highest BCUT2D eigenvalue weighted by molar-refractivity contribution is 5.97. The van der Waals surface area contributed by atoms with Crippen LogP contribution in [0.3, 0.4) is 0 Å². The minimum absolute atomic E-state index is 0.190. The van der Waals surface area contributed by atoms with Gasteiger partial charge in [-0.25, -0.2) is 4.79 Å². The Bertz CT molecular complexity index is 689. The number of amides is 2. The fourth-order valence-corrected chi connectivity index (χ4v) is 3.22. The molecule has 1 aromatic rings. The minimum Gasteiger partial charge on any atom is -0.485 e. The molecule has 128 valence electrons. The Morgan fingerprint density at radius 3 is 2.83 bits per heavy atom. The Labute approximate surface area is 139 Å². The molecule has 2 unspecified atom stereocenters. The van der Waals surface area contributed by atoms with E-state index in [0.717, 1.165) is 0 Å². The van der Waals surface area contributed by atoms with E-state index in [0.29, 0.717) is 30.7 Å². The van der Waals surface area contributed by atoms with Crippen LogP contribution in [0.25, 0.3) is 0 Å². The van der Waals surface area contributed by atoms with Crippen molar-refractivity contribution in [2.24, 2.45) is 0 Å². The number of para-hydroxylation sites is 1. The lowest BCUT2D eigenvalue weighted by atomic mass is 9.94. The van der Waals surface area contributed by atoms with Gasteiger partial charge in [0.05, 0.1) is 12.1 Å². The van der Waals surface area contributed by atoms with Crippen molar-refractivity contribution in [1.29, 1.82) is 0 Å². The number of likely N-dealkylation sites (tertiary alicyclic amines) is 1. The van der Waals surface area contributed by atoms with E-state index in [1.54, 1.807) is 24.3 Å². The highest BCUT2D eigenvalue weighted by atomic mass is 16.5. The number of hydrogen-bond acceptors (Lipinski definition) is 4. The fraction of sp³-hybridized carbons (Fsp3) is 0.471. The van der Waals surface area contributed by atoms with Gasteiger partial charge in [0.25, 0.3) is 5.91 Å². The summed E-state index contributed by atoms with van der Waals surface area (Å²) in [5, 5.41) is 12.0. The molecule has 2 heterocycles. The van der Waals surface area contributed by atoms with Crippen molar-refractivity contribution < 1.29 is 24.2 Å². The van der Waals surface area contributed by atoms with Crippen molar-refractivity contribution in [3.8, 4) is 5.75 Å². The number of hydrogen-bond donors (Lipinski definition) is 2. The van der Waals surface area contributed by atoms with Gasteiger partial charge in [0.1, 0.15) is 17.4 Å². The number of carbonyl (C=O) groups excluding carboxylic acids is 2. The molecule has 0 bridgehead atoms. The third-order valence-electron chi connectivity index (χ3n) is 4.78. The van der Waals surface area contributed by atoms with Crippen LogP contribution in [-0.4, -0.2) is 52.5 Å². The first kappa shape index (κ1) is 16.3. The number of nitrogens with one attached hydrogen (secondary N) is 1. The zero-order valence-corrected chi connectivity index (χ0v) is 13.4. The molecule has 24 heavy (non-hydrogen) atoms. The molecule has 0 radical (unpaired) electrons. The van der Waals surface area contributed by atoms with Gasteiger partial charge in [0, 0.05) is 19.4 Å². The Balaban J connectivity index is 1.86. The first-order valence-electron chi connectivity index (χ1n) is 8.00. The van der Waals surface area contributed by atoms with Gasteiger partial charge in [-0.3, -0.25) is 9.59 Å². The zero-order valence-electron chi connectivity index (χ0n) is 13.4. The lowest BCUT2D eigenvalue weighted by molar-refractivity contribution is -0.149. The van der Waals surface area contributed by atoms with Crippen LogP contribution in [0.2, 0.25) is 0 Å². The number of aliphatic carboxylic acids is 1. The molecule has 3 rings (SSSR count). The van der Waals surface area contributed by atoms with Gasteiger partial charge in [-0.2, -0.15) is 0 Å². The summed E-state index contributed by atoms with van der Waals surface area (Å²) in [6.45, 7) is 2.08. The van der Waals surface area contributed by atoms with Gasteiger partial charge in [-0.1, -0.05) is 12.1 Å². The third-order valence-corrected chi connectivity index (χ3v) is 4.78. The molecule has 1 spiro atoms. The monoisotopic (exact) mass is 332 g/mol. The summed E-state index contributed by atoms with van der Waals surface area (Å²) in [5.74, 6) is -0.928. The second-order valence-corrected chi connectivity index (χ2v) is 6.32. The number of carboxylic acid groups (broad SMARTS) is 1. The Morgan fingerprint density at radius 2 is 2.08 bits per heavy atom. The van der Waals surface area contributed by atoms with Gasteiger partial charge in [0.2, 0.25) is 5.91 Å².